The van der Waals surface area contributed by atoms with E-state index in [-0.39, 0.29) is 11.9 Å². The molecule has 0 amide bonds. The van der Waals surface area contributed by atoms with Crippen LogP contribution in [-0.2, 0) is 11.3 Å². The fourth-order valence-electron chi connectivity index (χ4n) is 3.68. The van der Waals surface area contributed by atoms with Gasteiger partial charge in [-0.25, -0.2) is 0 Å². The minimum Gasteiger partial charge on any atom is -0.367 e. The quantitative estimate of drug-likeness (QED) is 0.795. The van der Waals surface area contributed by atoms with Gasteiger partial charge in [0.05, 0.1) is 6.61 Å². The molecule has 1 unspecified atom stereocenters. The van der Waals surface area contributed by atoms with E-state index in [0.717, 1.165) is 29.8 Å². The molecule has 3 rings (SSSR count). The highest BCUT2D eigenvalue weighted by Crippen LogP contribution is 2.26. The van der Waals surface area contributed by atoms with Crippen LogP contribution in [0.2, 0.25) is 0 Å². The Morgan fingerprint density at radius 1 is 1.28 bits per heavy atom. The van der Waals surface area contributed by atoms with Crippen LogP contribution >= 0.6 is 0 Å². The van der Waals surface area contributed by atoms with Crippen LogP contribution in [0.4, 0.5) is 0 Å². The third kappa shape index (κ3) is 3.65. The predicted octanol–water partition coefficient (Wildman–Crippen LogP) is 3.08. The van der Waals surface area contributed by atoms with Gasteiger partial charge in [0.15, 0.2) is 5.78 Å². The van der Waals surface area contributed by atoms with Crippen LogP contribution in [0.5, 0.6) is 0 Å². The molecule has 0 saturated carbocycles. The number of carbonyl (C=O) groups excluding carboxylic acids is 1. The lowest BCUT2D eigenvalue weighted by atomic mass is 9.91. The molecule has 134 valence electrons. The summed E-state index contributed by atoms with van der Waals surface area (Å²) in [5.41, 5.74) is 5.43. The van der Waals surface area contributed by atoms with Crippen LogP contribution in [0.1, 0.15) is 57.4 Å². The van der Waals surface area contributed by atoms with Gasteiger partial charge < -0.3 is 9.26 Å². The van der Waals surface area contributed by atoms with E-state index < -0.39 is 0 Å². The average molecular weight is 343 g/mol. The molecule has 1 aromatic carbocycles. The van der Waals surface area contributed by atoms with Crippen molar-refractivity contribution in [1.82, 2.24) is 15.0 Å². The predicted molar refractivity (Wildman–Crippen MR) is 93.7 cm³/mol. The Balaban J connectivity index is 1.82. The highest BCUT2D eigenvalue weighted by atomic mass is 16.5. The number of ketones is 1. The van der Waals surface area contributed by atoms with Gasteiger partial charge in [-0.15, -0.1) is 0 Å². The summed E-state index contributed by atoms with van der Waals surface area (Å²) in [4.78, 5) is 18.6. The lowest BCUT2D eigenvalue weighted by Crippen LogP contribution is -2.38. The number of rotatable bonds is 4. The second-order valence-electron chi connectivity index (χ2n) is 6.81. The van der Waals surface area contributed by atoms with E-state index in [1.165, 1.54) is 11.1 Å². The second kappa shape index (κ2) is 7.06. The highest BCUT2D eigenvalue weighted by molar-refractivity contribution is 5.97. The highest BCUT2D eigenvalue weighted by Gasteiger charge is 2.27. The largest absolute Gasteiger partial charge is 0.367 e. The third-order valence-corrected chi connectivity index (χ3v) is 4.85. The average Bonchev–Trinajstić information content (AvgIpc) is 2.98. The molecule has 1 atom stereocenters. The Kier molecular flexibility index (Phi) is 5.01. The summed E-state index contributed by atoms with van der Waals surface area (Å²) in [6.45, 7) is 12.5. The van der Waals surface area contributed by atoms with Crippen LogP contribution in [0, 0.1) is 27.7 Å². The number of hydrogen-bond acceptors (Lipinski definition) is 6. The number of hydrogen-bond donors (Lipinski definition) is 0. The molecule has 1 fully saturated rings. The van der Waals surface area contributed by atoms with E-state index >= 15 is 0 Å². The maximum atomic E-state index is 12.0. The van der Waals surface area contributed by atoms with Crippen molar-refractivity contribution in [3.63, 3.8) is 0 Å². The zero-order valence-electron chi connectivity index (χ0n) is 15.5. The molecule has 25 heavy (non-hydrogen) atoms. The van der Waals surface area contributed by atoms with Crippen molar-refractivity contribution >= 4 is 5.78 Å². The monoisotopic (exact) mass is 343 g/mol. The standard InChI is InChI=1S/C19H25N3O3/c1-11-8-12(2)18(14(4)23)13(3)16(11)9-22-6-7-24-17(10-22)19-20-15(5)25-21-19/h8,17H,6-7,9-10H2,1-5H3. The second-order valence-corrected chi connectivity index (χ2v) is 6.81. The maximum absolute atomic E-state index is 12.0. The van der Waals surface area contributed by atoms with Crippen molar-refractivity contribution in [2.45, 2.75) is 47.3 Å². The minimum atomic E-state index is -0.176. The maximum Gasteiger partial charge on any atom is 0.223 e. The molecule has 1 aliphatic heterocycles. The smallest absolute Gasteiger partial charge is 0.223 e. The Bertz CT molecular complexity index is 797. The molecule has 6 heteroatoms. The number of benzene rings is 1. The molecule has 1 aliphatic rings. The molecule has 0 spiro atoms. The van der Waals surface area contributed by atoms with Crippen LogP contribution in [-0.4, -0.2) is 40.5 Å². The first-order chi connectivity index (χ1) is 11.9. The molecular weight excluding hydrogens is 318 g/mol. The number of Topliss-reactive ketones (excluding diaryl/α,β-unsaturated/α-hetero) is 1. The normalized spacial score (nSPS) is 18.5. The van der Waals surface area contributed by atoms with Crippen LogP contribution in [0.25, 0.3) is 0 Å². The van der Waals surface area contributed by atoms with E-state index in [1.807, 2.05) is 13.8 Å². The summed E-state index contributed by atoms with van der Waals surface area (Å²) >= 11 is 0. The molecule has 2 aromatic rings. The SMILES string of the molecule is CC(=O)c1c(C)cc(C)c(CN2CCOC(c3noc(C)n3)C2)c1C. The first-order valence-electron chi connectivity index (χ1n) is 8.61. The van der Waals surface area contributed by atoms with E-state index in [4.69, 9.17) is 9.26 Å². The van der Waals surface area contributed by atoms with E-state index in [9.17, 15) is 4.79 Å². The number of aromatic nitrogens is 2. The van der Waals surface area contributed by atoms with E-state index in [1.54, 1.807) is 13.8 Å². The summed E-state index contributed by atoms with van der Waals surface area (Å²) < 4.78 is 10.9. The molecule has 0 bridgehead atoms. The summed E-state index contributed by atoms with van der Waals surface area (Å²) in [6, 6.07) is 2.11. The minimum absolute atomic E-state index is 0.123. The first-order valence-corrected chi connectivity index (χ1v) is 8.61. The number of nitrogens with zero attached hydrogens (tertiary/aromatic N) is 3. The molecule has 1 aromatic heterocycles. The van der Waals surface area contributed by atoms with Gasteiger partial charge in [-0.05, 0) is 49.9 Å². The lowest BCUT2D eigenvalue weighted by Gasteiger charge is -2.32. The van der Waals surface area contributed by atoms with Crippen LogP contribution in [0.15, 0.2) is 10.6 Å². The Morgan fingerprint density at radius 2 is 2.04 bits per heavy atom. The van der Waals surface area contributed by atoms with Crippen molar-refractivity contribution in [2.75, 3.05) is 19.7 Å². The molecule has 2 heterocycles. The first kappa shape index (κ1) is 17.8. The van der Waals surface area contributed by atoms with Crippen LogP contribution in [0.3, 0.4) is 0 Å². The van der Waals surface area contributed by atoms with Crippen molar-refractivity contribution in [3.8, 4) is 0 Å². The summed E-state index contributed by atoms with van der Waals surface area (Å²) in [7, 11) is 0. The third-order valence-electron chi connectivity index (χ3n) is 4.85. The summed E-state index contributed by atoms with van der Waals surface area (Å²) in [6.07, 6.45) is -0.176. The van der Waals surface area contributed by atoms with Crippen molar-refractivity contribution in [3.05, 3.63) is 45.6 Å². The van der Waals surface area contributed by atoms with Gasteiger partial charge in [-0.2, -0.15) is 4.98 Å². The van der Waals surface area contributed by atoms with Gasteiger partial charge in [-0.3, -0.25) is 9.69 Å². The van der Waals surface area contributed by atoms with Crippen molar-refractivity contribution in [2.24, 2.45) is 0 Å². The molecule has 0 aliphatic carbocycles. The Labute approximate surface area is 148 Å². The molecule has 6 nitrogen and oxygen atoms in total. The Morgan fingerprint density at radius 3 is 2.68 bits per heavy atom. The van der Waals surface area contributed by atoms with Gasteiger partial charge in [0, 0.05) is 32.1 Å². The molecule has 0 radical (unpaired) electrons. The van der Waals surface area contributed by atoms with E-state index in [0.29, 0.717) is 24.9 Å². The summed E-state index contributed by atoms with van der Waals surface area (Å²) in [5.74, 6) is 1.27. The van der Waals surface area contributed by atoms with Gasteiger partial charge >= 0.3 is 0 Å². The topological polar surface area (TPSA) is 68.5 Å². The number of carbonyl (C=O) groups is 1. The van der Waals surface area contributed by atoms with Gasteiger partial charge in [0.25, 0.3) is 0 Å². The number of morpholine rings is 1. The molecule has 1 saturated heterocycles. The number of aryl methyl sites for hydroxylation is 3. The Hall–Kier alpha value is -2.05. The zero-order valence-corrected chi connectivity index (χ0v) is 15.5. The van der Waals surface area contributed by atoms with Crippen molar-refractivity contribution in [1.29, 1.82) is 0 Å². The van der Waals surface area contributed by atoms with Crippen LogP contribution < -0.4 is 0 Å². The van der Waals surface area contributed by atoms with Gasteiger partial charge in [0.1, 0.15) is 6.10 Å². The molecule has 0 N–H and O–H groups in total. The number of ether oxygens (including phenoxy) is 1. The zero-order chi connectivity index (χ0) is 18.1. The van der Waals surface area contributed by atoms with Gasteiger partial charge in [-0.1, -0.05) is 11.2 Å². The van der Waals surface area contributed by atoms with Gasteiger partial charge in [0.2, 0.25) is 11.7 Å². The fraction of sp³-hybridized carbons (Fsp3) is 0.526. The fourth-order valence-corrected chi connectivity index (χ4v) is 3.68. The van der Waals surface area contributed by atoms with E-state index in [2.05, 4.69) is 28.0 Å². The van der Waals surface area contributed by atoms with Crippen molar-refractivity contribution < 1.29 is 14.1 Å². The lowest BCUT2D eigenvalue weighted by molar-refractivity contribution is -0.0381. The molecular formula is C19H25N3O3. The summed E-state index contributed by atoms with van der Waals surface area (Å²) in [5, 5.41) is 3.98.